The second kappa shape index (κ2) is 7.35. The Morgan fingerprint density at radius 3 is 2.44 bits per heavy atom. The summed E-state index contributed by atoms with van der Waals surface area (Å²) in [4.78, 5) is 11.0. The minimum absolute atomic E-state index is 0.159. The molecule has 0 bridgehead atoms. The van der Waals surface area contributed by atoms with Gasteiger partial charge in [-0.05, 0) is 12.1 Å². The summed E-state index contributed by atoms with van der Waals surface area (Å²) >= 11 is 3.29. The highest BCUT2D eigenvalue weighted by atomic mass is 79.9. The minimum atomic E-state index is -0.502. The zero-order valence-corrected chi connectivity index (χ0v) is 12.0. The summed E-state index contributed by atoms with van der Waals surface area (Å²) in [5, 5.41) is 0. The van der Waals surface area contributed by atoms with Crippen LogP contribution in [-0.4, -0.2) is 40.5 Å². The van der Waals surface area contributed by atoms with E-state index in [4.69, 9.17) is 18.9 Å². The van der Waals surface area contributed by atoms with E-state index in [0.29, 0.717) is 23.3 Å². The predicted molar refractivity (Wildman–Crippen MR) is 69.4 cm³/mol. The monoisotopic (exact) mass is 318 g/mol. The van der Waals surface area contributed by atoms with E-state index in [1.807, 2.05) is 0 Å². The smallest absolute Gasteiger partial charge is 0.191 e. The van der Waals surface area contributed by atoms with Crippen molar-refractivity contribution < 1.29 is 23.7 Å². The van der Waals surface area contributed by atoms with Crippen LogP contribution < -0.4 is 9.47 Å². The van der Waals surface area contributed by atoms with E-state index in [-0.39, 0.29) is 6.61 Å². The number of aldehydes is 1. The summed E-state index contributed by atoms with van der Waals surface area (Å²) in [6, 6.07) is 3.37. The van der Waals surface area contributed by atoms with Crippen LogP contribution in [0.25, 0.3) is 0 Å². The molecule has 0 heterocycles. The molecular formula is C12H15BrO5. The first kappa shape index (κ1) is 14.9. The van der Waals surface area contributed by atoms with E-state index in [9.17, 15) is 4.79 Å². The van der Waals surface area contributed by atoms with Gasteiger partial charge in [-0.1, -0.05) is 15.9 Å². The minimum Gasteiger partial charge on any atom is -0.493 e. The van der Waals surface area contributed by atoms with Crippen LogP contribution in [0.2, 0.25) is 0 Å². The van der Waals surface area contributed by atoms with Gasteiger partial charge in [-0.15, -0.1) is 0 Å². The third kappa shape index (κ3) is 3.69. The van der Waals surface area contributed by atoms with E-state index in [1.165, 1.54) is 21.3 Å². The van der Waals surface area contributed by atoms with E-state index in [1.54, 1.807) is 12.1 Å². The molecule has 1 rings (SSSR count). The fourth-order valence-electron chi connectivity index (χ4n) is 1.37. The molecule has 0 saturated heterocycles. The van der Waals surface area contributed by atoms with Gasteiger partial charge in [0.15, 0.2) is 24.1 Å². The molecule has 5 nitrogen and oxygen atoms in total. The number of benzene rings is 1. The summed E-state index contributed by atoms with van der Waals surface area (Å²) in [6.07, 6.45) is 0.204. The molecule has 0 saturated carbocycles. The Balaban J connectivity index is 2.95. The van der Waals surface area contributed by atoms with Gasteiger partial charge < -0.3 is 18.9 Å². The van der Waals surface area contributed by atoms with E-state index >= 15 is 0 Å². The lowest BCUT2D eigenvalue weighted by molar-refractivity contribution is -0.122. The van der Waals surface area contributed by atoms with Gasteiger partial charge in [0.1, 0.15) is 6.61 Å². The van der Waals surface area contributed by atoms with Crippen molar-refractivity contribution in [3.63, 3.8) is 0 Å². The molecule has 0 atom stereocenters. The van der Waals surface area contributed by atoms with Crippen LogP contribution in [0.5, 0.6) is 11.5 Å². The zero-order chi connectivity index (χ0) is 13.5. The van der Waals surface area contributed by atoms with E-state index in [2.05, 4.69) is 15.9 Å². The molecule has 0 amide bonds. The van der Waals surface area contributed by atoms with Crippen LogP contribution in [0, 0.1) is 0 Å². The number of carbonyl (C=O) groups excluding carboxylic acids is 1. The van der Waals surface area contributed by atoms with E-state index in [0.717, 1.165) is 4.47 Å². The maximum absolute atomic E-state index is 11.0. The first-order valence-corrected chi connectivity index (χ1v) is 5.96. The summed E-state index contributed by atoms with van der Waals surface area (Å²) in [7, 11) is 4.53. The summed E-state index contributed by atoms with van der Waals surface area (Å²) in [6.45, 7) is 0.159. The van der Waals surface area contributed by atoms with Crippen molar-refractivity contribution in [2.45, 2.75) is 6.29 Å². The van der Waals surface area contributed by atoms with Crippen molar-refractivity contribution in [1.82, 2.24) is 0 Å². The summed E-state index contributed by atoms with van der Waals surface area (Å²) in [5.74, 6) is 0.840. The molecule has 1 aromatic carbocycles. The zero-order valence-electron chi connectivity index (χ0n) is 10.4. The molecule has 0 aliphatic rings. The topological polar surface area (TPSA) is 54.0 Å². The fourth-order valence-corrected chi connectivity index (χ4v) is 1.82. The van der Waals surface area contributed by atoms with Crippen LogP contribution in [0.1, 0.15) is 10.4 Å². The largest absolute Gasteiger partial charge is 0.493 e. The van der Waals surface area contributed by atoms with Crippen LogP contribution in [0.4, 0.5) is 0 Å². The van der Waals surface area contributed by atoms with Gasteiger partial charge in [0, 0.05) is 18.7 Å². The number of hydrogen-bond donors (Lipinski definition) is 0. The number of ether oxygens (including phenoxy) is 4. The molecule has 100 valence electrons. The molecule has 0 aliphatic carbocycles. The number of rotatable bonds is 7. The third-order valence-corrected chi connectivity index (χ3v) is 2.74. The van der Waals surface area contributed by atoms with Gasteiger partial charge in [-0.25, -0.2) is 0 Å². The quantitative estimate of drug-likeness (QED) is 0.570. The highest BCUT2D eigenvalue weighted by Gasteiger charge is 2.14. The van der Waals surface area contributed by atoms with Gasteiger partial charge in [0.05, 0.1) is 12.7 Å². The maximum atomic E-state index is 11.0. The second-order valence-electron chi connectivity index (χ2n) is 3.36. The van der Waals surface area contributed by atoms with Crippen molar-refractivity contribution in [3.05, 3.63) is 22.2 Å². The molecule has 0 aliphatic heterocycles. The molecule has 0 unspecified atom stereocenters. The Morgan fingerprint density at radius 1 is 1.28 bits per heavy atom. The van der Waals surface area contributed by atoms with Gasteiger partial charge in [-0.3, -0.25) is 4.79 Å². The van der Waals surface area contributed by atoms with Crippen molar-refractivity contribution in [1.29, 1.82) is 0 Å². The average Bonchev–Trinajstić information content (AvgIpc) is 2.40. The highest BCUT2D eigenvalue weighted by Crippen LogP contribution is 2.34. The van der Waals surface area contributed by atoms with Crippen LogP contribution in [-0.2, 0) is 9.47 Å². The lowest BCUT2D eigenvalue weighted by Gasteiger charge is -2.17. The second-order valence-corrected chi connectivity index (χ2v) is 4.27. The Hall–Kier alpha value is -1.11. The molecule has 0 N–H and O–H groups in total. The lowest BCUT2D eigenvalue weighted by atomic mass is 10.2. The van der Waals surface area contributed by atoms with Crippen LogP contribution >= 0.6 is 15.9 Å². The maximum Gasteiger partial charge on any atom is 0.191 e. The Bertz CT molecular complexity index is 404. The first-order valence-electron chi connectivity index (χ1n) is 5.17. The number of halogens is 1. The Morgan fingerprint density at radius 2 is 1.94 bits per heavy atom. The average molecular weight is 319 g/mol. The Labute approximate surface area is 114 Å². The van der Waals surface area contributed by atoms with Crippen molar-refractivity contribution in [2.75, 3.05) is 27.9 Å². The summed E-state index contributed by atoms with van der Waals surface area (Å²) in [5.41, 5.74) is 0.396. The van der Waals surface area contributed by atoms with Crippen LogP contribution in [0.3, 0.4) is 0 Å². The van der Waals surface area contributed by atoms with Crippen molar-refractivity contribution in [2.24, 2.45) is 0 Å². The van der Waals surface area contributed by atoms with Gasteiger partial charge in [0.25, 0.3) is 0 Å². The molecule has 0 spiro atoms. The highest BCUT2D eigenvalue weighted by molar-refractivity contribution is 9.10. The molecule has 0 fully saturated rings. The predicted octanol–water partition coefficient (Wildman–Crippen LogP) is 2.27. The fraction of sp³-hybridized carbons (Fsp3) is 0.417. The third-order valence-electron chi connectivity index (χ3n) is 2.28. The van der Waals surface area contributed by atoms with Crippen molar-refractivity contribution in [3.8, 4) is 11.5 Å². The van der Waals surface area contributed by atoms with Gasteiger partial charge in [0.2, 0.25) is 0 Å². The molecule has 1 aromatic rings. The SMILES string of the molecule is COc1cc(Br)cc(C=O)c1OCC(OC)OC. The normalized spacial score (nSPS) is 10.5. The van der Waals surface area contributed by atoms with Gasteiger partial charge in [-0.2, -0.15) is 0 Å². The lowest BCUT2D eigenvalue weighted by Crippen LogP contribution is -2.22. The molecule has 0 aromatic heterocycles. The molecular weight excluding hydrogens is 304 g/mol. The summed E-state index contributed by atoms with van der Waals surface area (Å²) < 4.78 is 21.4. The van der Waals surface area contributed by atoms with Crippen molar-refractivity contribution >= 4 is 22.2 Å². The molecule has 0 radical (unpaired) electrons. The van der Waals surface area contributed by atoms with Crippen LogP contribution in [0.15, 0.2) is 16.6 Å². The molecule has 6 heteroatoms. The number of carbonyl (C=O) groups is 1. The van der Waals surface area contributed by atoms with Gasteiger partial charge >= 0.3 is 0 Å². The standard InChI is InChI=1S/C12H15BrO5/c1-15-10-5-9(13)4-8(6-14)12(10)18-7-11(16-2)17-3/h4-6,11H,7H2,1-3H3. The Kier molecular flexibility index (Phi) is 6.11. The number of methoxy groups -OCH3 is 3. The van der Waals surface area contributed by atoms with E-state index < -0.39 is 6.29 Å². The first-order chi connectivity index (χ1) is 8.65. The number of hydrogen-bond acceptors (Lipinski definition) is 5. The molecule has 18 heavy (non-hydrogen) atoms.